The lowest BCUT2D eigenvalue weighted by molar-refractivity contribution is -0.150. The van der Waals surface area contributed by atoms with Crippen molar-refractivity contribution in [2.24, 2.45) is 5.16 Å². The molecule has 2 atom stereocenters. The number of hydrogen-bond acceptors (Lipinski definition) is 14. The molecule has 5 rings (SSSR count). The quantitative estimate of drug-likeness (QED) is 0.0573. The Morgan fingerprint density at radius 1 is 1.26 bits per heavy atom. The molecule has 0 unspecified atom stereocenters. The molecule has 0 spiro atoms. The van der Waals surface area contributed by atoms with Crippen molar-refractivity contribution in [2.75, 3.05) is 17.2 Å². The summed E-state index contributed by atoms with van der Waals surface area (Å²) in [7, 11) is 0. The maximum absolute atomic E-state index is 13.0. The molecule has 202 valence electrons. The molecule has 3 aromatic heterocycles. The topological polar surface area (TPSA) is 239 Å². The molecular formula is C20H17N9O7S3. The van der Waals surface area contributed by atoms with E-state index >= 15 is 0 Å². The minimum Gasteiger partial charge on any atom is -0.477 e. The lowest BCUT2D eigenvalue weighted by Gasteiger charge is -2.49. The Morgan fingerprint density at radius 3 is 2.67 bits per heavy atom. The normalized spacial score (nSPS) is 19.2. The van der Waals surface area contributed by atoms with Crippen LogP contribution < -0.4 is 11.1 Å². The van der Waals surface area contributed by atoms with Gasteiger partial charge in [-0.05, 0) is 18.6 Å². The van der Waals surface area contributed by atoms with Crippen molar-refractivity contribution in [3.63, 3.8) is 0 Å². The third-order valence-electron chi connectivity index (χ3n) is 5.61. The largest absolute Gasteiger partial charge is 0.477 e. The highest BCUT2D eigenvalue weighted by Gasteiger charge is 2.54. The highest BCUT2D eigenvalue weighted by Crippen LogP contribution is 2.41. The number of nitrogens with two attached hydrogens (primary N) is 1. The van der Waals surface area contributed by atoms with E-state index in [-0.39, 0.29) is 33.8 Å². The predicted molar refractivity (Wildman–Crippen MR) is 138 cm³/mol. The van der Waals surface area contributed by atoms with E-state index in [1.165, 1.54) is 33.4 Å². The van der Waals surface area contributed by atoms with Crippen molar-refractivity contribution in [2.45, 2.75) is 23.4 Å². The fraction of sp³-hybridized carbons (Fsp3) is 0.250. The van der Waals surface area contributed by atoms with Gasteiger partial charge in [0.15, 0.2) is 10.8 Å². The maximum Gasteiger partial charge on any atom is 0.375 e. The van der Waals surface area contributed by atoms with Crippen LogP contribution in [0.4, 0.5) is 5.13 Å². The number of fused-ring (bicyclic) bond motifs is 2. The number of aromatic nitrogens is 5. The van der Waals surface area contributed by atoms with Gasteiger partial charge in [-0.25, -0.2) is 19.6 Å². The molecule has 6 N–H and O–H groups in total. The molecule has 0 radical (unpaired) electrons. The van der Waals surface area contributed by atoms with Crippen molar-refractivity contribution in [3.05, 3.63) is 39.9 Å². The number of anilines is 1. The summed E-state index contributed by atoms with van der Waals surface area (Å²) in [4.78, 5) is 62.2. The molecule has 1 saturated heterocycles. The van der Waals surface area contributed by atoms with Gasteiger partial charge in [0.1, 0.15) is 27.8 Å². The van der Waals surface area contributed by atoms with E-state index in [9.17, 15) is 34.6 Å². The average Bonchev–Trinajstić information content (AvgIpc) is 3.52. The molecule has 5 heterocycles. The minimum atomic E-state index is -1.31. The van der Waals surface area contributed by atoms with Crippen molar-refractivity contribution in [3.8, 4) is 0 Å². The second-order valence-electron chi connectivity index (χ2n) is 8.11. The molecule has 39 heavy (non-hydrogen) atoms. The Kier molecular flexibility index (Phi) is 6.87. The van der Waals surface area contributed by atoms with Crippen molar-refractivity contribution in [1.29, 1.82) is 0 Å². The molecular weight excluding hydrogens is 574 g/mol. The maximum atomic E-state index is 13.0. The first kappa shape index (κ1) is 26.4. The number of rotatable bonds is 8. The van der Waals surface area contributed by atoms with Crippen LogP contribution in [0.25, 0.3) is 5.78 Å². The molecule has 2 aliphatic heterocycles. The first-order valence-electron chi connectivity index (χ1n) is 10.8. The van der Waals surface area contributed by atoms with E-state index in [1.807, 2.05) is 0 Å². The number of β-lactam (4-membered cyclic amide) rings is 1. The van der Waals surface area contributed by atoms with Crippen molar-refractivity contribution >= 4 is 75.2 Å². The number of amides is 2. The second kappa shape index (κ2) is 10.2. The van der Waals surface area contributed by atoms with Gasteiger partial charge in [0.2, 0.25) is 0 Å². The van der Waals surface area contributed by atoms with Gasteiger partial charge < -0.3 is 26.5 Å². The zero-order valence-electron chi connectivity index (χ0n) is 19.6. The lowest BCUT2D eigenvalue weighted by Crippen LogP contribution is -2.71. The summed E-state index contributed by atoms with van der Waals surface area (Å²) >= 11 is 3.49. The SMILES string of the molecule is Cc1cc(SCC2=C(C(=O)O)N3C(=O)[C@@H](NC(=O)/C(=N\O)c4csc(N)n4)[C@H]3SC2)n2nc(C(=O)O)nc2n1. The summed E-state index contributed by atoms with van der Waals surface area (Å²) in [6, 6.07) is 0.611. The first-order valence-corrected chi connectivity index (χ1v) is 13.7. The number of carbonyl (C=O) groups is 4. The van der Waals surface area contributed by atoms with E-state index in [4.69, 9.17) is 5.73 Å². The van der Waals surface area contributed by atoms with Crippen LogP contribution in [0.1, 0.15) is 22.0 Å². The number of nitrogens with one attached hydrogen (secondary N) is 1. The van der Waals surface area contributed by atoms with Gasteiger partial charge in [0.05, 0.1) is 0 Å². The summed E-state index contributed by atoms with van der Waals surface area (Å²) < 4.78 is 1.26. The van der Waals surface area contributed by atoms with Crippen molar-refractivity contribution in [1.82, 2.24) is 34.8 Å². The molecule has 0 aromatic carbocycles. The van der Waals surface area contributed by atoms with E-state index in [0.29, 0.717) is 16.3 Å². The van der Waals surface area contributed by atoms with Gasteiger partial charge in [-0.3, -0.25) is 14.5 Å². The Labute approximate surface area is 230 Å². The summed E-state index contributed by atoms with van der Waals surface area (Å²) in [6.07, 6.45) is 0. The third-order valence-corrected chi connectivity index (χ3v) is 8.70. The van der Waals surface area contributed by atoms with E-state index in [0.717, 1.165) is 16.2 Å². The monoisotopic (exact) mass is 591 g/mol. The number of carboxylic acids is 2. The average molecular weight is 592 g/mol. The Balaban J connectivity index is 1.34. The minimum absolute atomic E-state index is 0.0335. The number of aromatic carboxylic acids is 1. The molecule has 19 heteroatoms. The van der Waals surface area contributed by atoms with Gasteiger partial charge in [-0.2, -0.15) is 9.50 Å². The van der Waals surface area contributed by atoms with Crippen LogP contribution in [-0.2, 0) is 14.4 Å². The van der Waals surface area contributed by atoms with Crippen LogP contribution in [0.5, 0.6) is 0 Å². The van der Waals surface area contributed by atoms with Crippen LogP contribution >= 0.6 is 34.9 Å². The van der Waals surface area contributed by atoms with Crippen LogP contribution in [-0.4, -0.2) is 97.3 Å². The van der Waals surface area contributed by atoms with Gasteiger partial charge in [0, 0.05) is 22.6 Å². The molecule has 0 saturated carbocycles. The molecule has 0 aliphatic carbocycles. The molecule has 0 bridgehead atoms. The zero-order chi connectivity index (χ0) is 28.0. The fourth-order valence-electron chi connectivity index (χ4n) is 3.92. The lowest BCUT2D eigenvalue weighted by atomic mass is 10.0. The number of thiazole rings is 1. The van der Waals surface area contributed by atoms with Gasteiger partial charge in [0.25, 0.3) is 23.4 Å². The molecule has 3 aromatic rings. The van der Waals surface area contributed by atoms with Gasteiger partial charge in [-0.1, -0.05) is 5.16 Å². The number of nitrogens with zero attached hydrogens (tertiary/aromatic N) is 7. The standard InChI is InChI=1S/C20H17N9O7S3/c1-6-2-9(29-20(22-6)25-13(26-29)18(34)35)37-3-7-4-38-16-11(15(31)28(16)12(7)17(32)33)24-14(30)10(27-36)8-5-39-19(21)23-8/h2,5,11,16,36H,3-4H2,1H3,(H2,21,23)(H,24,30)(H,32,33)(H,34,35)/b27-10-/t11-,16-/m1/s1. The number of aliphatic carboxylic acids is 1. The Hall–Kier alpha value is -4.23. The van der Waals surface area contributed by atoms with E-state index in [2.05, 4.69) is 30.5 Å². The fourth-order valence-corrected chi connectivity index (χ4v) is 7.00. The number of thioether (sulfide) groups is 2. The van der Waals surface area contributed by atoms with Crippen LogP contribution in [0, 0.1) is 6.92 Å². The Morgan fingerprint density at radius 2 is 2.03 bits per heavy atom. The summed E-state index contributed by atoms with van der Waals surface area (Å²) in [5.41, 5.74) is 5.97. The van der Waals surface area contributed by atoms with Gasteiger partial charge in [-0.15, -0.1) is 40.0 Å². The van der Waals surface area contributed by atoms with E-state index < -0.39 is 46.7 Å². The molecule has 16 nitrogen and oxygen atoms in total. The second-order valence-corrected chi connectivity index (χ2v) is 11.1. The molecule has 2 aliphatic rings. The third kappa shape index (κ3) is 4.74. The van der Waals surface area contributed by atoms with Crippen LogP contribution in [0.15, 0.2) is 32.9 Å². The Bertz CT molecular complexity index is 1610. The smallest absolute Gasteiger partial charge is 0.375 e. The highest BCUT2D eigenvalue weighted by molar-refractivity contribution is 8.01. The summed E-state index contributed by atoms with van der Waals surface area (Å²) in [5.74, 6) is -4.08. The van der Waals surface area contributed by atoms with Crippen LogP contribution in [0.3, 0.4) is 0 Å². The number of oxime groups is 1. The summed E-state index contributed by atoms with van der Waals surface area (Å²) in [5, 5.41) is 39.2. The predicted octanol–water partition coefficient (Wildman–Crippen LogP) is -0.121. The number of aryl methyl sites for hydroxylation is 1. The zero-order valence-corrected chi connectivity index (χ0v) is 22.1. The molecule has 2 amide bonds. The first-order chi connectivity index (χ1) is 18.6. The highest BCUT2D eigenvalue weighted by atomic mass is 32.2. The number of nitrogen functional groups attached to an aromatic ring is 1. The number of hydrogen-bond donors (Lipinski definition) is 5. The van der Waals surface area contributed by atoms with Crippen molar-refractivity contribution < 1.29 is 34.6 Å². The molecule has 1 fully saturated rings. The number of carboxylic acid groups (broad SMARTS) is 2. The summed E-state index contributed by atoms with van der Waals surface area (Å²) in [6.45, 7) is 1.70. The number of carbonyl (C=O) groups excluding carboxylic acids is 2. The van der Waals surface area contributed by atoms with E-state index in [1.54, 1.807) is 13.0 Å². The van der Waals surface area contributed by atoms with Gasteiger partial charge >= 0.3 is 11.9 Å². The van der Waals surface area contributed by atoms with Crippen LogP contribution in [0.2, 0.25) is 0 Å².